The van der Waals surface area contributed by atoms with Crippen LogP contribution in [0.5, 0.6) is 5.75 Å². The number of hydrogen-bond acceptors (Lipinski definition) is 3. The third kappa shape index (κ3) is 3.76. The lowest BCUT2D eigenvalue weighted by molar-refractivity contribution is -0.121. The molecular formula is C27H34N2O2. The van der Waals surface area contributed by atoms with E-state index in [1.54, 1.807) is 7.11 Å². The monoisotopic (exact) mass is 418 g/mol. The van der Waals surface area contributed by atoms with Gasteiger partial charge in [0.25, 0.3) is 0 Å². The zero-order valence-corrected chi connectivity index (χ0v) is 18.7. The summed E-state index contributed by atoms with van der Waals surface area (Å²) in [6, 6.07) is 14.9. The van der Waals surface area contributed by atoms with Crippen LogP contribution in [0.25, 0.3) is 0 Å². The number of nitrogens with one attached hydrogen (secondary N) is 1. The summed E-state index contributed by atoms with van der Waals surface area (Å²) < 4.78 is 5.57. The van der Waals surface area contributed by atoms with E-state index in [9.17, 15) is 4.79 Å². The molecule has 1 saturated heterocycles. The number of ether oxygens (including phenoxy) is 1. The van der Waals surface area contributed by atoms with Crippen LogP contribution in [0.3, 0.4) is 0 Å². The van der Waals surface area contributed by atoms with Crippen molar-refractivity contribution in [1.29, 1.82) is 0 Å². The molecule has 5 rings (SSSR count). The molecule has 31 heavy (non-hydrogen) atoms. The topological polar surface area (TPSA) is 41.6 Å². The molecular weight excluding hydrogens is 384 g/mol. The molecule has 0 aromatic heterocycles. The summed E-state index contributed by atoms with van der Waals surface area (Å²) in [4.78, 5) is 15.6. The van der Waals surface area contributed by atoms with Gasteiger partial charge in [0.1, 0.15) is 5.75 Å². The number of carbonyl (C=O) groups excluding carboxylic acids is 1. The zero-order chi connectivity index (χ0) is 21.3. The molecule has 2 aromatic carbocycles. The molecule has 4 nitrogen and oxygen atoms in total. The minimum absolute atomic E-state index is 0.243. The normalized spacial score (nSPS) is 23.5. The van der Waals surface area contributed by atoms with E-state index < -0.39 is 0 Å². The van der Waals surface area contributed by atoms with Gasteiger partial charge in [0.05, 0.1) is 12.5 Å². The van der Waals surface area contributed by atoms with E-state index >= 15 is 0 Å². The van der Waals surface area contributed by atoms with Gasteiger partial charge in [-0.1, -0.05) is 36.8 Å². The minimum Gasteiger partial charge on any atom is -0.496 e. The Hall–Kier alpha value is -2.33. The van der Waals surface area contributed by atoms with Crippen molar-refractivity contribution in [1.82, 2.24) is 4.90 Å². The molecule has 2 aromatic rings. The summed E-state index contributed by atoms with van der Waals surface area (Å²) >= 11 is 0. The number of amides is 1. The summed E-state index contributed by atoms with van der Waals surface area (Å²) in [5.74, 6) is 1.88. The van der Waals surface area contributed by atoms with Gasteiger partial charge >= 0.3 is 0 Å². The molecule has 0 saturated carbocycles. The quantitative estimate of drug-likeness (QED) is 0.623. The first-order valence-electron chi connectivity index (χ1n) is 12.0. The number of anilines is 1. The minimum atomic E-state index is -0.263. The highest BCUT2D eigenvalue weighted by molar-refractivity contribution is 6.07. The number of para-hydroxylation sites is 1. The highest BCUT2D eigenvalue weighted by Crippen LogP contribution is 2.49. The van der Waals surface area contributed by atoms with Crippen LogP contribution in [0, 0.1) is 0 Å². The van der Waals surface area contributed by atoms with E-state index in [2.05, 4.69) is 52.7 Å². The van der Waals surface area contributed by atoms with Crippen LogP contribution in [0.1, 0.15) is 67.6 Å². The van der Waals surface area contributed by atoms with Crippen molar-refractivity contribution in [2.45, 2.75) is 62.7 Å². The number of rotatable bonds is 7. The number of aryl methyl sites for hydroxylation is 1. The average Bonchev–Trinajstić information content (AvgIpc) is 3.10. The number of nitrogens with zero attached hydrogens (tertiary/aromatic N) is 1. The predicted molar refractivity (Wildman–Crippen MR) is 125 cm³/mol. The van der Waals surface area contributed by atoms with Crippen molar-refractivity contribution < 1.29 is 9.53 Å². The highest BCUT2D eigenvalue weighted by atomic mass is 16.5. The maximum Gasteiger partial charge on any atom is 0.235 e. The van der Waals surface area contributed by atoms with Gasteiger partial charge in [-0.25, -0.2) is 0 Å². The molecule has 1 N–H and O–H groups in total. The van der Waals surface area contributed by atoms with Crippen molar-refractivity contribution in [3.05, 3.63) is 59.2 Å². The van der Waals surface area contributed by atoms with E-state index in [-0.39, 0.29) is 11.3 Å². The fourth-order valence-corrected chi connectivity index (χ4v) is 6.25. The number of likely N-dealkylation sites (tertiary alicyclic amines) is 1. The Morgan fingerprint density at radius 2 is 1.94 bits per heavy atom. The van der Waals surface area contributed by atoms with Crippen LogP contribution >= 0.6 is 0 Å². The van der Waals surface area contributed by atoms with Crippen LogP contribution < -0.4 is 10.1 Å². The Bertz CT molecular complexity index is 948. The molecule has 2 aliphatic heterocycles. The van der Waals surface area contributed by atoms with Crippen molar-refractivity contribution in [3.8, 4) is 5.75 Å². The van der Waals surface area contributed by atoms with Crippen molar-refractivity contribution in [2.24, 2.45) is 0 Å². The fraction of sp³-hybridized carbons (Fsp3) is 0.519. The van der Waals surface area contributed by atoms with Crippen LogP contribution in [-0.4, -0.2) is 37.6 Å². The molecule has 1 fully saturated rings. The molecule has 4 heteroatoms. The maximum absolute atomic E-state index is 13.0. The third-order valence-corrected chi connectivity index (χ3v) is 7.86. The van der Waals surface area contributed by atoms with Gasteiger partial charge in [0.2, 0.25) is 5.91 Å². The lowest BCUT2D eigenvalue weighted by Crippen LogP contribution is -2.38. The van der Waals surface area contributed by atoms with Crippen LogP contribution in [0.4, 0.5) is 5.69 Å². The summed E-state index contributed by atoms with van der Waals surface area (Å²) in [7, 11) is 1.77. The van der Waals surface area contributed by atoms with E-state index in [0.29, 0.717) is 5.92 Å². The smallest absolute Gasteiger partial charge is 0.235 e. The summed E-state index contributed by atoms with van der Waals surface area (Å²) in [5.41, 5.74) is 4.88. The second-order valence-electron chi connectivity index (χ2n) is 9.54. The maximum atomic E-state index is 13.0. The van der Waals surface area contributed by atoms with Crippen molar-refractivity contribution in [3.63, 3.8) is 0 Å². The van der Waals surface area contributed by atoms with E-state index in [4.69, 9.17) is 4.74 Å². The number of carbonyl (C=O) groups is 1. The van der Waals surface area contributed by atoms with Crippen LogP contribution in [-0.2, 0) is 16.6 Å². The number of piperidine rings is 1. The van der Waals surface area contributed by atoms with Gasteiger partial charge in [0, 0.05) is 5.69 Å². The van der Waals surface area contributed by atoms with Gasteiger partial charge in [0.15, 0.2) is 0 Å². The summed E-state index contributed by atoms with van der Waals surface area (Å²) in [6.45, 7) is 3.45. The number of hydrogen-bond donors (Lipinski definition) is 1. The highest BCUT2D eigenvalue weighted by Gasteiger charge is 2.48. The Kier molecular flexibility index (Phi) is 5.75. The molecule has 1 unspecified atom stereocenters. The lowest BCUT2D eigenvalue weighted by atomic mass is 9.68. The van der Waals surface area contributed by atoms with E-state index in [0.717, 1.165) is 63.2 Å². The van der Waals surface area contributed by atoms with Gasteiger partial charge in [-0.2, -0.15) is 0 Å². The van der Waals surface area contributed by atoms with Gasteiger partial charge in [-0.3, -0.25) is 4.79 Å². The molecule has 3 aliphatic rings. The first-order chi connectivity index (χ1) is 15.2. The predicted octanol–water partition coefficient (Wildman–Crippen LogP) is 5.27. The SMILES string of the molecule is COc1ccccc1C1CCN(CCCCC23CCCc4cccc(c42)NC3=O)CC1. The van der Waals surface area contributed by atoms with E-state index in [1.807, 2.05) is 0 Å². The Morgan fingerprint density at radius 1 is 1.10 bits per heavy atom. The standard InChI is InChI=1S/C27H34N2O2/c1-31-24-12-3-2-10-22(24)20-13-18-29(19-14-20)17-5-4-15-27-16-7-9-21-8-6-11-23(25(21)27)28-26(27)30/h2-3,6,8,10-12,20H,4-5,7,9,13-19H2,1H3,(H,28,30). The molecule has 2 heterocycles. The third-order valence-electron chi connectivity index (χ3n) is 7.86. The van der Waals surface area contributed by atoms with Gasteiger partial charge in [-0.05, 0) is 99.3 Å². The molecule has 1 aliphatic carbocycles. The number of methoxy groups -OCH3 is 1. The first kappa shape index (κ1) is 20.6. The second-order valence-corrected chi connectivity index (χ2v) is 9.54. The average molecular weight is 419 g/mol. The van der Waals surface area contributed by atoms with Crippen LogP contribution in [0.15, 0.2) is 42.5 Å². The zero-order valence-electron chi connectivity index (χ0n) is 18.7. The van der Waals surface area contributed by atoms with Gasteiger partial charge < -0.3 is 15.0 Å². The van der Waals surface area contributed by atoms with Crippen molar-refractivity contribution >= 4 is 11.6 Å². The van der Waals surface area contributed by atoms with Gasteiger partial charge in [-0.15, -0.1) is 0 Å². The van der Waals surface area contributed by atoms with E-state index in [1.165, 1.54) is 36.0 Å². The Balaban J connectivity index is 1.14. The lowest BCUT2D eigenvalue weighted by Gasteiger charge is -2.34. The van der Waals surface area contributed by atoms with Crippen molar-refractivity contribution in [2.75, 3.05) is 32.1 Å². The van der Waals surface area contributed by atoms with Crippen LogP contribution in [0.2, 0.25) is 0 Å². The molecule has 0 bridgehead atoms. The molecule has 1 amide bonds. The Morgan fingerprint density at radius 3 is 2.77 bits per heavy atom. The largest absolute Gasteiger partial charge is 0.496 e. The Labute approximate surface area is 186 Å². The summed E-state index contributed by atoms with van der Waals surface area (Å²) in [6.07, 6.45) is 8.92. The second kappa shape index (κ2) is 8.66. The number of unbranched alkanes of at least 4 members (excludes halogenated alkanes) is 1. The molecule has 1 atom stereocenters. The molecule has 164 valence electrons. The molecule has 0 spiro atoms. The number of benzene rings is 2. The summed E-state index contributed by atoms with van der Waals surface area (Å²) in [5, 5.41) is 3.18. The first-order valence-corrected chi connectivity index (χ1v) is 12.0. The fourth-order valence-electron chi connectivity index (χ4n) is 6.25. The molecule has 0 radical (unpaired) electrons.